The number of allylic oxidation sites excluding steroid dienone is 5. The van der Waals surface area contributed by atoms with E-state index in [4.69, 9.17) is 4.98 Å². The van der Waals surface area contributed by atoms with Gasteiger partial charge >= 0.3 is 0 Å². The highest BCUT2D eigenvalue weighted by Crippen LogP contribution is 2.52. The summed E-state index contributed by atoms with van der Waals surface area (Å²) in [6.45, 7) is 11.8. The molecule has 2 unspecified atom stereocenters. The maximum Gasteiger partial charge on any atom is 0.137 e. The minimum Gasteiger partial charge on any atom is -0.388 e. The molecule has 36 heavy (non-hydrogen) atoms. The van der Waals surface area contributed by atoms with Crippen molar-refractivity contribution in [1.29, 1.82) is 0 Å². The Kier molecular flexibility index (Phi) is 8.74. The molecule has 2 atom stereocenters. The first kappa shape index (κ1) is 28.8. The van der Waals surface area contributed by atoms with Crippen LogP contribution in [0, 0.1) is 5.41 Å². The number of hydrogen-bond acceptors (Lipinski definition) is 3. The zero-order valence-corrected chi connectivity index (χ0v) is 23.7. The summed E-state index contributed by atoms with van der Waals surface area (Å²) in [5.41, 5.74) is 5.15. The number of rotatable bonds is 8. The van der Waals surface area contributed by atoms with Crippen molar-refractivity contribution in [3.8, 4) is 0 Å². The third-order valence-electron chi connectivity index (χ3n) is 7.09. The van der Waals surface area contributed by atoms with Gasteiger partial charge in [-0.25, -0.2) is 18.8 Å². The second-order valence-electron chi connectivity index (χ2n) is 12.0. The lowest BCUT2D eigenvalue weighted by molar-refractivity contribution is 0.0969. The summed E-state index contributed by atoms with van der Waals surface area (Å²) in [5, 5.41) is 22.8. The predicted octanol–water partition coefficient (Wildman–Crippen LogP) is 8.12. The van der Waals surface area contributed by atoms with Gasteiger partial charge in [0.05, 0.1) is 17.1 Å². The Morgan fingerprint density at radius 2 is 1.94 bits per heavy atom. The van der Waals surface area contributed by atoms with Gasteiger partial charge in [-0.2, -0.15) is 0 Å². The van der Waals surface area contributed by atoms with Crippen LogP contribution in [0.4, 0.5) is 8.78 Å². The minimum absolute atomic E-state index is 0.0165. The third-order valence-corrected chi connectivity index (χ3v) is 8.71. The molecule has 1 aromatic heterocycles. The van der Waals surface area contributed by atoms with Crippen LogP contribution >= 0.6 is 10.0 Å². The zero-order chi connectivity index (χ0) is 27.0. The fourth-order valence-corrected chi connectivity index (χ4v) is 6.90. The topological polar surface area (TPSA) is 53.4 Å². The summed E-state index contributed by atoms with van der Waals surface area (Å²) in [6, 6.07) is 0. The molecule has 2 aliphatic rings. The van der Waals surface area contributed by atoms with Gasteiger partial charge in [-0.1, -0.05) is 40.3 Å². The lowest BCUT2D eigenvalue weighted by atomic mass is 9.71. The first-order valence-corrected chi connectivity index (χ1v) is 15.7. The van der Waals surface area contributed by atoms with Crippen LogP contribution in [0.15, 0.2) is 41.4 Å². The van der Waals surface area contributed by atoms with Crippen LogP contribution in [0.5, 0.6) is 0 Å². The van der Waals surface area contributed by atoms with Crippen molar-refractivity contribution in [1.82, 2.24) is 4.98 Å². The van der Waals surface area contributed by atoms with Gasteiger partial charge in [-0.15, -0.1) is 0 Å². The first-order valence-electron chi connectivity index (χ1n) is 12.9. The standard InChI is InChI=1S/C30H43F2NO2S/c1-9-20(31)29(36(6,7)8)21(32)14-15-23(34)27-25(19-12-10-11-13-19)26-22(33-28(27)18(2)3)16-30(4,5)17-24(26)35/h9,12,14,18,23-24,34-35H,1,10-11,13,15-17H2,2-8H3/b21-14+,29-20-. The van der Waals surface area contributed by atoms with Gasteiger partial charge in [0.15, 0.2) is 0 Å². The van der Waals surface area contributed by atoms with Crippen LogP contribution in [0.25, 0.3) is 5.57 Å². The summed E-state index contributed by atoms with van der Waals surface area (Å²) in [5.74, 6) is -1.29. The summed E-state index contributed by atoms with van der Waals surface area (Å²) < 4.78 is 29.8. The molecule has 0 saturated heterocycles. The molecule has 0 radical (unpaired) electrons. The zero-order valence-electron chi connectivity index (χ0n) is 22.9. The monoisotopic (exact) mass is 519 g/mol. The molecule has 0 fully saturated rings. The fraction of sp³-hybridized carbons (Fsp3) is 0.567. The Balaban J connectivity index is 2.18. The van der Waals surface area contributed by atoms with E-state index in [1.807, 2.05) is 32.6 Å². The highest BCUT2D eigenvalue weighted by atomic mass is 32.3. The minimum atomic E-state index is -1.71. The van der Waals surface area contributed by atoms with Gasteiger partial charge in [0.25, 0.3) is 0 Å². The highest BCUT2D eigenvalue weighted by Gasteiger charge is 2.38. The quantitative estimate of drug-likeness (QED) is 0.341. The van der Waals surface area contributed by atoms with E-state index in [0.29, 0.717) is 12.0 Å². The number of aromatic nitrogens is 1. The van der Waals surface area contributed by atoms with Crippen LogP contribution in [0.3, 0.4) is 0 Å². The second kappa shape index (κ2) is 10.9. The Morgan fingerprint density at radius 3 is 2.47 bits per heavy atom. The largest absolute Gasteiger partial charge is 0.388 e. The van der Waals surface area contributed by atoms with E-state index in [-0.39, 0.29) is 22.7 Å². The summed E-state index contributed by atoms with van der Waals surface area (Å²) in [4.78, 5) is 5.04. The number of halogens is 2. The van der Waals surface area contributed by atoms with Gasteiger partial charge in [0.1, 0.15) is 11.7 Å². The number of aliphatic hydroxyl groups is 2. The average molecular weight is 520 g/mol. The molecule has 1 heterocycles. The first-order chi connectivity index (χ1) is 16.7. The SMILES string of the molecule is C=C/C(F)=C(\C(F)=C/CC(O)c1c(C(C)C)nc2c(c1C1=CCCC1)C(O)CC(C)(C)C2)S(C)(C)C. The lowest BCUT2D eigenvalue weighted by Gasteiger charge is -2.37. The Labute approximate surface area is 217 Å². The molecule has 2 aliphatic carbocycles. The van der Waals surface area contributed by atoms with Crippen molar-refractivity contribution in [2.24, 2.45) is 5.41 Å². The molecule has 0 spiro atoms. The smallest absolute Gasteiger partial charge is 0.137 e. The second-order valence-corrected chi connectivity index (χ2v) is 16.1. The van der Waals surface area contributed by atoms with E-state index in [1.54, 1.807) is 0 Å². The van der Waals surface area contributed by atoms with Gasteiger partial charge in [0.2, 0.25) is 0 Å². The molecule has 200 valence electrons. The molecule has 0 bridgehead atoms. The summed E-state index contributed by atoms with van der Waals surface area (Å²) in [7, 11) is -1.71. The van der Waals surface area contributed by atoms with Crippen LogP contribution in [-0.4, -0.2) is 34.0 Å². The molecule has 1 aromatic rings. The highest BCUT2D eigenvalue weighted by molar-refractivity contribution is 8.35. The number of nitrogens with zero attached hydrogens (tertiary/aromatic N) is 1. The maximum atomic E-state index is 15.3. The van der Waals surface area contributed by atoms with Crippen molar-refractivity contribution in [2.45, 2.75) is 84.3 Å². The van der Waals surface area contributed by atoms with E-state index in [0.717, 1.165) is 59.8 Å². The molecule has 3 nitrogen and oxygen atoms in total. The number of fused-ring (bicyclic) bond motifs is 1. The summed E-state index contributed by atoms with van der Waals surface area (Å²) in [6.07, 6.45) is 12.5. The molecule has 0 aliphatic heterocycles. The van der Waals surface area contributed by atoms with Gasteiger partial charge in [-0.3, -0.25) is 4.98 Å². The normalized spacial score (nSPS) is 22.2. The number of aliphatic hydroxyl groups excluding tert-OH is 2. The molecule has 0 amide bonds. The van der Waals surface area contributed by atoms with Crippen molar-refractivity contribution >= 4 is 15.6 Å². The van der Waals surface area contributed by atoms with Gasteiger partial charge in [-0.05, 0) is 91.9 Å². The van der Waals surface area contributed by atoms with Gasteiger partial charge in [0, 0.05) is 22.5 Å². The maximum absolute atomic E-state index is 15.3. The van der Waals surface area contributed by atoms with Crippen molar-refractivity contribution in [3.63, 3.8) is 0 Å². The van der Waals surface area contributed by atoms with E-state index in [9.17, 15) is 14.6 Å². The fourth-order valence-electron chi connectivity index (χ4n) is 5.57. The Morgan fingerprint density at radius 1 is 1.28 bits per heavy atom. The van der Waals surface area contributed by atoms with E-state index in [1.165, 1.54) is 6.08 Å². The third kappa shape index (κ3) is 6.03. The molecule has 3 rings (SSSR count). The average Bonchev–Trinajstić information content (AvgIpc) is 3.28. The van der Waals surface area contributed by atoms with Crippen LogP contribution < -0.4 is 0 Å². The van der Waals surface area contributed by atoms with E-state index < -0.39 is 33.9 Å². The molecular weight excluding hydrogens is 476 g/mol. The lowest BCUT2D eigenvalue weighted by Crippen LogP contribution is -2.29. The van der Waals surface area contributed by atoms with Crippen molar-refractivity contribution in [2.75, 3.05) is 18.8 Å². The number of hydrogen-bond donors (Lipinski definition) is 2. The summed E-state index contributed by atoms with van der Waals surface area (Å²) >= 11 is 0. The van der Waals surface area contributed by atoms with Crippen molar-refractivity contribution in [3.05, 3.63) is 69.4 Å². The van der Waals surface area contributed by atoms with Gasteiger partial charge < -0.3 is 10.2 Å². The predicted molar refractivity (Wildman–Crippen MR) is 150 cm³/mol. The van der Waals surface area contributed by atoms with Crippen LogP contribution in [-0.2, 0) is 6.42 Å². The van der Waals surface area contributed by atoms with Crippen LogP contribution in [0.2, 0.25) is 0 Å². The molecule has 0 saturated carbocycles. The van der Waals surface area contributed by atoms with Crippen LogP contribution in [0.1, 0.15) is 106 Å². The molecule has 0 aromatic carbocycles. The Hall–Kier alpha value is -1.76. The van der Waals surface area contributed by atoms with E-state index >= 15 is 4.39 Å². The molecule has 2 N–H and O–H groups in total. The molecule has 6 heteroatoms. The van der Waals surface area contributed by atoms with Crippen molar-refractivity contribution < 1.29 is 19.0 Å². The Bertz CT molecular complexity index is 1110. The van der Waals surface area contributed by atoms with E-state index in [2.05, 4.69) is 26.5 Å². The molecular formula is C30H43F2NO2S. The number of pyridine rings is 1.